The van der Waals surface area contributed by atoms with E-state index < -0.39 is 11.7 Å². The highest BCUT2D eigenvalue weighted by atomic mass is 32.2. The van der Waals surface area contributed by atoms with Crippen molar-refractivity contribution in [3.8, 4) is 0 Å². The Hall–Kier alpha value is -3.06. The number of nitrogens with zero attached hydrogens (tertiary/aromatic N) is 3. The average molecular weight is 478 g/mol. The topological polar surface area (TPSA) is 64.4 Å². The van der Waals surface area contributed by atoms with Crippen molar-refractivity contribution in [3.63, 3.8) is 0 Å². The Morgan fingerprint density at radius 2 is 1.62 bits per heavy atom. The predicted molar refractivity (Wildman–Crippen MR) is 135 cm³/mol. The molecule has 1 aliphatic rings. The molecule has 0 fully saturated rings. The summed E-state index contributed by atoms with van der Waals surface area (Å²) in [5, 5.41) is 0.666. The van der Waals surface area contributed by atoms with Gasteiger partial charge in [0.15, 0.2) is 5.16 Å². The summed E-state index contributed by atoms with van der Waals surface area (Å²) < 4.78 is 7.39. The summed E-state index contributed by atoms with van der Waals surface area (Å²) >= 11 is 1.46. The highest BCUT2D eigenvalue weighted by Gasteiger charge is 2.34. The molecule has 0 saturated heterocycles. The summed E-state index contributed by atoms with van der Waals surface area (Å²) in [5.41, 5.74) is 2.59. The van der Waals surface area contributed by atoms with Crippen LogP contribution in [0.25, 0.3) is 0 Å². The Morgan fingerprint density at radius 3 is 2.12 bits per heavy atom. The third-order valence-corrected chi connectivity index (χ3v) is 6.56. The van der Waals surface area contributed by atoms with Crippen LogP contribution in [-0.2, 0) is 17.7 Å². The van der Waals surface area contributed by atoms with E-state index >= 15 is 0 Å². The van der Waals surface area contributed by atoms with Crippen LogP contribution in [0.2, 0.25) is 0 Å². The first-order valence-electron chi connectivity index (χ1n) is 11.5. The second-order valence-corrected chi connectivity index (χ2v) is 10.4. The van der Waals surface area contributed by atoms with E-state index in [0.717, 1.165) is 16.8 Å². The van der Waals surface area contributed by atoms with Gasteiger partial charge in [-0.2, -0.15) is 0 Å². The number of carbonyl (C=O) groups excluding carboxylic acids is 1. The molecule has 0 spiro atoms. The van der Waals surface area contributed by atoms with Crippen molar-refractivity contribution in [3.05, 3.63) is 93.4 Å². The summed E-state index contributed by atoms with van der Waals surface area (Å²) in [6.45, 7) is 7.68. The lowest BCUT2D eigenvalue weighted by Gasteiger charge is -2.36. The Labute approximate surface area is 205 Å². The van der Waals surface area contributed by atoms with E-state index in [-0.39, 0.29) is 24.2 Å². The first-order chi connectivity index (χ1) is 16.2. The van der Waals surface area contributed by atoms with Gasteiger partial charge in [-0.05, 0) is 45.1 Å². The molecule has 1 aliphatic heterocycles. The van der Waals surface area contributed by atoms with Crippen molar-refractivity contribution < 1.29 is 9.53 Å². The van der Waals surface area contributed by atoms with Crippen LogP contribution in [0.1, 0.15) is 56.1 Å². The largest absolute Gasteiger partial charge is 0.444 e. The van der Waals surface area contributed by atoms with Crippen LogP contribution in [-0.4, -0.2) is 38.4 Å². The van der Waals surface area contributed by atoms with E-state index in [1.165, 1.54) is 11.8 Å². The lowest BCUT2D eigenvalue weighted by molar-refractivity contribution is 0.0134. The number of thioether (sulfide) groups is 1. The van der Waals surface area contributed by atoms with Gasteiger partial charge in [0, 0.05) is 12.5 Å². The van der Waals surface area contributed by atoms with Crippen molar-refractivity contribution in [2.45, 2.75) is 63.5 Å². The maximum Gasteiger partial charge on any atom is 0.410 e. The second-order valence-electron chi connectivity index (χ2n) is 9.58. The van der Waals surface area contributed by atoms with Gasteiger partial charge >= 0.3 is 6.09 Å². The number of aromatic nitrogens is 2. The number of hydrogen-bond donors (Lipinski definition) is 0. The fraction of sp³-hybridized carbons (Fsp3) is 0.370. The minimum atomic E-state index is -0.607. The van der Waals surface area contributed by atoms with Gasteiger partial charge in [-0.15, -0.1) is 0 Å². The average Bonchev–Trinajstić information content (AvgIpc) is 2.80. The molecule has 1 amide bonds. The van der Waals surface area contributed by atoms with E-state index in [2.05, 4.69) is 0 Å². The van der Waals surface area contributed by atoms with Crippen molar-refractivity contribution >= 4 is 17.9 Å². The Bertz CT molecular complexity index is 1180. The van der Waals surface area contributed by atoms with Crippen LogP contribution in [0.4, 0.5) is 4.79 Å². The van der Waals surface area contributed by atoms with Gasteiger partial charge in [0.2, 0.25) is 0 Å². The smallest absolute Gasteiger partial charge is 0.410 e. The molecule has 0 aliphatic carbocycles. The number of fused-ring (bicyclic) bond motifs is 1. The molecule has 0 bridgehead atoms. The second kappa shape index (κ2) is 9.66. The maximum atomic E-state index is 14.1. The van der Waals surface area contributed by atoms with Gasteiger partial charge in [-0.1, -0.05) is 72.4 Å². The zero-order chi connectivity index (χ0) is 24.5. The zero-order valence-electron chi connectivity index (χ0n) is 20.3. The molecule has 2 aromatic carbocycles. The molecule has 2 heterocycles. The molecule has 0 saturated carbocycles. The normalized spacial score (nSPS) is 15.8. The van der Waals surface area contributed by atoms with E-state index in [0.29, 0.717) is 17.1 Å². The molecule has 1 atom stereocenters. The molecule has 7 heteroatoms. The summed E-state index contributed by atoms with van der Waals surface area (Å²) in [5.74, 6) is 0. The fourth-order valence-electron chi connectivity index (χ4n) is 4.33. The molecule has 0 radical (unpaired) electrons. The third-order valence-electron chi connectivity index (χ3n) is 5.91. The molecular weight excluding hydrogens is 446 g/mol. The number of ether oxygens (including phenoxy) is 1. The molecule has 4 rings (SSSR count). The highest BCUT2D eigenvalue weighted by molar-refractivity contribution is 7.98. The van der Waals surface area contributed by atoms with Crippen molar-refractivity contribution in [1.29, 1.82) is 0 Å². The molecule has 3 aromatic rings. The summed E-state index contributed by atoms with van der Waals surface area (Å²) in [4.78, 5) is 33.5. The van der Waals surface area contributed by atoms with Gasteiger partial charge in [0.05, 0.1) is 23.8 Å². The Balaban J connectivity index is 1.86. The molecule has 6 nitrogen and oxygen atoms in total. The Morgan fingerprint density at radius 1 is 1.06 bits per heavy atom. The van der Waals surface area contributed by atoms with Crippen LogP contribution in [0.15, 0.2) is 70.6 Å². The third kappa shape index (κ3) is 4.89. The lowest BCUT2D eigenvalue weighted by Crippen LogP contribution is -2.48. The molecule has 1 unspecified atom stereocenters. The lowest BCUT2D eigenvalue weighted by atomic mass is 9.97. The van der Waals surface area contributed by atoms with Crippen LogP contribution in [0.5, 0.6) is 0 Å². The Kier molecular flexibility index (Phi) is 6.84. The van der Waals surface area contributed by atoms with Gasteiger partial charge in [-0.3, -0.25) is 9.36 Å². The maximum absolute atomic E-state index is 14.1. The van der Waals surface area contributed by atoms with Gasteiger partial charge < -0.3 is 9.64 Å². The van der Waals surface area contributed by atoms with Crippen LogP contribution in [0, 0.1) is 0 Å². The van der Waals surface area contributed by atoms with E-state index in [9.17, 15) is 9.59 Å². The fourth-order valence-corrected chi connectivity index (χ4v) is 4.92. The first-order valence-corrected chi connectivity index (χ1v) is 12.7. The summed E-state index contributed by atoms with van der Waals surface area (Å²) in [6.07, 6.45) is 2.05. The minimum absolute atomic E-state index is 0.112. The van der Waals surface area contributed by atoms with Crippen LogP contribution >= 0.6 is 11.8 Å². The molecular formula is C27H31N3O3S. The summed E-state index contributed by atoms with van der Waals surface area (Å²) in [7, 11) is 0. The van der Waals surface area contributed by atoms with Gasteiger partial charge in [0.25, 0.3) is 5.56 Å². The first kappa shape index (κ1) is 24.1. The summed E-state index contributed by atoms with van der Waals surface area (Å²) in [6, 6.07) is 19.5. The number of benzene rings is 2. The number of hydrogen-bond acceptors (Lipinski definition) is 5. The van der Waals surface area contributed by atoms with E-state index in [1.807, 2.05) is 94.6 Å². The SMILES string of the molecule is CSc1nc2c(c(=O)n1C(c1ccccc1)c1ccccc1)CN(C(=O)OC(C)(C)C)C(C)C2. The standard InChI is InChI=1S/C27H31N3O3S/c1-18-16-22-21(17-29(18)26(32)33-27(2,3)4)24(31)30(25(28-22)34-5)23(19-12-8-6-9-13-19)20-14-10-7-11-15-20/h6-15,18,23H,16-17H2,1-5H3. The van der Waals surface area contributed by atoms with Gasteiger partial charge in [0.1, 0.15) is 5.60 Å². The monoisotopic (exact) mass is 477 g/mol. The van der Waals surface area contributed by atoms with Gasteiger partial charge in [-0.25, -0.2) is 9.78 Å². The molecule has 34 heavy (non-hydrogen) atoms. The highest BCUT2D eigenvalue weighted by Crippen LogP contribution is 2.31. The molecule has 178 valence electrons. The number of rotatable bonds is 4. The molecule has 0 N–H and O–H groups in total. The van der Waals surface area contributed by atoms with Crippen LogP contribution < -0.4 is 5.56 Å². The minimum Gasteiger partial charge on any atom is -0.444 e. The quantitative estimate of drug-likeness (QED) is 0.378. The van der Waals surface area contributed by atoms with Crippen molar-refractivity contribution in [2.75, 3.05) is 6.26 Å². The number of carbonyl (C=O) groups is 1. The van der Waals surface area contributed by atoms with Crippen LogP contribution in [0.3, 0.4) is 0 Å². The molecule has 1 aromatic heterocycles. The predicted octanol–water partition coefficient (Wildman–Crippen LogP) is 5.28. The number of amides is 1. The zero-order valence-corrected chi connectivity index (χ0v) is 21.1. The van der Waals surface area contributed by atoms with E-state index in [1.54, 1.807) is 9.47 Å². The van der Waals surface area contributed by atoms with Crippen molar-refractivity contribution in [1.82, 2.24) is 14.5 Å². The van der Waals surface area contributed by atoms with E-state index in [4.69, 9.17) is 9.72 Å². The van der Waals surface area contributed by atoms with Crippen molar-refractivity contribution in [2.24, 2.45) is 0 Å².